The molecule has 0 atom stereocenters. The molecule has 2 aromatic rings. The fourth-order valence-electron chi connectivity index (χ4n) is 1.33. The highest BCUT2D eigenvalue weighted by atomic mass is 32.1. The largest absolute Gasteiger partial charge is 0.255 e. The van der Waals surface area contributed by atoms with Gasteiger partial charge in [0, 0.05) is 12.4 Å². The van der Waals surface area contributed by atoms with E-state index in [9.17, 15) is 0 Å². The fourth-order valence-corrected chi connectivity index (χ4v) is 1.90. The Balaban J connectivity index is 2.33. The maximum absolute atomic E-state index is 4.46. The summed E-state index contributed by atoms with van der Waals surface area (Å²) in [5.74, 6) is 0. The molecule has 0 unspecified atom stereocenters. The Bertz CT molecular complexity index is 424. The van der Waals surface area contributed by atoms with Gasteiger partial charge >= 0.3 is 0 Å². The molecule has 0 saturated heterocycles. The monoisotopic (exact) mass is 218 g/mol. The summed E-state index contributed by atoms with van der Waals surface area (Å²) < 4.78 is 4.07. The first kappa shape index (κ1) is 10.3. The molecule has 3 heteroatoms. The van der Waals surface area contributed by atoms with Crippen LogP contribution in [0.15, 0.2) is 30.6 Å². The minimum Gasteiger partial charge on any atom is -0.255 e. The Morgan fingerprint density at radius 2 is 1.93 bits per heavy atom. The van der Waals surface area contributed by atoms with Crippen LogP contribution < -0.4 is 0 Å². The summed E-state index contributed by atoms with van der Waals surface area (Å²) >= 11 is 1.48. The first-order chi connectivity index (χ1) is 7.07. The topological polar surface area (TPSA) is 25.8 Å². The van der Waals surface area contributed by atoms with E-state index in [0.717, 1.165) is 10.6 Å². The summed E-state index contributed by atoms with van der Waals surface area (Å²) in [6.45, 7) is 6.57. The highest BCUT2D eigenvalue weighted by Gasteiger charge is 2.13. The maximum Gasteiger partial charge on any atom is 0.0818 e. The van der Waals surface area contributed by atoms with Crippen molar-refractivity contribution in [2.75, 3.05) is 0 Å². The van der Waals surface area contributed by atoms with Crippen LogP contribution in [0.25, 0.3) is 10.6 Å². The van der Waals surface area contributed by atoms with E-state index in [2.05, 4.69) is 42.3 Å². The number of hydrogen-bond acceptors (Lipinski definition) is 3. The summed E-state index contributed by atoms with van der Waals surface area (Å²) in [6.07, 6.45) is 3.76. The standard InChI is InChI=1S/C12H14N2S/c1-12(2,3)9-4-5-10(13-8-9)11-6-7-14-15-11/h4-8H,1-3H3. The van der Waals surface area contributed by atoms with Gasteiger partial charge in [-0.1, -0.05) is 26.8 Å². The molecule has 0 spiro atoms. The summed E-state index contributed by atoms with van der Waals surface area (Å²) in [6, 6.07) is 6.19. The van der Waals surface area contributed by atoms with E-state index < -0.39 is 0 Å². The zero-order valence-electron chi connectivity index (χ0n) is 9.19. The molecule has 0 saturated carbocycles. The van der Waals surface area contributed by atoms with Crippen molar-refractivity contribution in [1.29, 1.82) is 0 Å². The second kappa shape index (κ2) is 3.74. The predicted molar refractivity (Wildman–Crippen MR) is 64.0 cm³/mol. The van der Waals surface area contributed by atoms with Crippen LogP contribution in [-0.2, 0) is 5.41 Å². The van der Waals surface area contributed by atoms with Gasteiger partial charge < -0.3 is 0 Å². The van der Waals surface area contributed by atoms with Crippen molar-refractivity contribution < 1.29 is 0 Å². The smallest absolute Gasteiger partial charge is 0.0818 e. The SMILES string of the molecule is CC(C)(C)c1ccc(-c2ccns2)nc1. The predicted octanol–water partition coefficient (Wildman–Crippen LogP) is 3.50. The third-order valence-corrected chi connectivity index (χ3v) is 3.09. The number of rotatable bonds is 1. The maximum atomic E-state index is 4.46. The van der Waals surface area contributed by atoms with Gasteiger partial charge in [0.2, 0.25) is 0 Å². The minimum atomic E-state index is 0.166. The van der Waals surface area contributed by atoms with Crippen LogP contribution in [0.1, 0.15) is 26.3 Å². The number of aromatic nitrogens is 2. The normalized spacial score (nSPS) is 11.7. The lowest BCUT2D eigenvalue weighted by Crippen LogP contribution is -2.11. The Kier molecular flexibility index (Phi) is 2.57. The highest BCUT2D eigenvalue weighted by molar-refractivity contribution is 7.09. The average Bonchev–Trinajstić information content (AvgIpc) is 2.69. The van der Waals surface area contributed by atoms with E-state index in [-0.39, 0.29) is 5.41 Å². The molecule has 0 aromatic carbocycles. The van der Waals surface area contributed by atoms with Crippen molar-refractivity contribution >= 4 is 11.5 Å². The molecule has 2 rings (SSSR count). The van der Waals surface area contributed by atoms with Gasteiger partial charge in [-0.05, 0) is 34.6 Å². The van der Waals surface area contributed by atoms with Crippen molar-refractivity contribution in [1.82, 2.24) is 9.36 Å². The number of pyridine rings is 1. The molecule has 0 aliphatic heterocycles. The van der Waals surface area contributed by atoms with E-state index in [1.807, 2.05) is 12.3 Å². The first-order valence-electron chi connectivity index (χ1n) is 4.95. The van der Waals surface area contributed by atoms with Gasteiger partial charge in [0.15, 0.2) is 0 Å². The summed E-state index contributed by atoms with van der Waals surface area (Å²) in [7, 11) is 0. The van der Waals surface area contributed by atoms with Crippen LogP contribution >= 0.6 is 11.5 Å². The van der Waals surface area contributed by atoms with Crippen molar-refractivity contribution in [3.8, 4) is 10.6 Å². The molecule has 0 radical (unpaired) electrons. The fraction of sp³-hybridized carbons (Fsp3) is 0.333. The van der Waals surface area contributed by atoms with Crippen LogP contribution in [0.3, 0.4) is 0 Å². The quantitative estimate of drug-likeness (QED) is 0.732. The third-order valence-electron chi connectivity index (χ3n) is 2.32. The summed E-state index contributed by atoms with van der Waals surface area (Å²) in [5, 5.41) is 0. The van der Waals surface area contributed by atoms with Crippen molar-refractivity contribution in [2.24, 2.45) is 0 Å². The van der Waals surface area contributed by atoms with Gasteiger partial charge in [0.25, 0.3) is 0 Å². The third kappa shape index (κ3) is 2.23. The van der Waals surface area contributed by atoms with Gasteiger partial charge in [-0.25, -0.2) is 4.37 Å². The van der Waals surface area contributed by atoms with Gasteiger partial charge in [0.05, 0.1) is 10.6 Å². The molecule has 78 valence electrons. The second-order valence-electron chi connectivity index (χ2n) is 4.56. The van der Waals surface area contributed by atoms with Crippen LogP contribution in [0.4, 0.5) is 0 Å². The lowest BCUT2D eigenvalue weighted by atomic mass is 9.88. The zero-order valence-corrected chi connectivity index (χ0v) is 10.0. The van der Waals surface area contributed by atoms with E-state index in [1.54, 1.807) is 6.20 Å². The Hall–Kier alpha value is -1.22. The lowest BCUT2D eigenvalue weighted by Gasteiger charge is -2.18. The minimum absolute atomic E-state index is 0.166. The van der Waals surface area contributed by atoms with Gasteiger partial charge in [0.1, 0.15) is 0 Å². The molecule has 0 aliphatic carbocycles. The van der Waals surface area contributed by atoms with Crippen molar-refractivity contribution in [2.45, 2.75) is 26.2 Å². The van der Waals surface area contributed by atoms with Crippen LogP contribution in [0, 0.1) is 0 Å². The van der Waals surface area contributed by atoms with E-state index in [1.165, 1.54) is 17.1 Å². The first-order valence-corrected chi connectivity index (χ1v) is 5.72. The lowest BCUT2D eigenvalue weighted by molar-refractivity contribution is 0.587. The van der Waals surface area contributed by atoms with Gasteiger partial charge in [-0.3, -0.25) is 4.98 Å². The Labute approximate surface area is 94.2 Å². The molecule has 2 heterocycles. The molecule has 0 aliphatic rings. The molecule has 2 aromatic heterocycles. The molecular formula is C12H14N2S. The van der Waals surface area contributed by atoms with Crippen LogP contribution in [0.2, 0.25) is 0 Å². The molecular weight excluding hydrogens is 204 g/mol. The molecule has 0 fully saturated rings. The van der Waals surface area contributed by atoms with Crippen molar-refractivity contribution in [3.63, 3.8) is 0 Å². The van der Waals surface area contributed by atoms with Crippen LogP contribution in [0.5, 0.6) is 0 Å². The van der Waals surface area contributed by atoms with E-state index >= 15 is 0 Å². The molecule has 0 bridgehead atoms. The van der Waals surface area contributed by atoms with Crippen molar-refractivity contribution in [3.05, 3.63) is 36.2 Å². The van der Waals surface area contributed by atoms with Crippen LogP contribution in [-0.4, -0.2) is 9.36 Å². The summed E-state index contributed by atoms with van der Waals surface area (Å²) in [5.41, 5.74) is 2.43. The molecule has 2 nitrogen and oxygen atoms in total. The number of nitrogens with zero attached hydrogens (tertiary/aromatic N) is 2. The average molecular weight is 218 g/mol. The molecule has 0 N–H and O–H groups in total. The zero-order chi connectivity index (χ0) is 10.9. The second-order valence-corrected chi connectivity index (χ2v) is 5.39. The van der Waals surface area contributed by atoms with Gasteiger partial charge in [-0.2, -0.15) is 0 Å². The Morgan fingerprint density at radius 3 is 2.40 bits per heavy atom. The Morgan fingerprint density at radius 1 is 1.13 bits per heavy atom. The van der Waals surface area contributed by atoms with E-state index in [0.29, 0.717) is 0 Å². The van der Waals surface area contributed by atoms with Gasteiger partial charge in [-0.15, -0.1) is 0 Å². The highest BCUT2D eigenvalue weighted by Crippen LogP contribution is 2.25. The summed E-state index contributed by atoms with van der Waals surface area (Å²) in [4.78, 5) is 5.58. The van der Waals surface area contributed by atoms with E-state index in [4.69, 9.17) is 0 Å². The molecule has 0 amide bonds. The molecule has 15 heavy (non-hydrogen) atoms. The number of hydrogen-bond donors (Lipinski definition) is 0.